The maximum Gasteiger partial charge on any atom is 0.326 e. The van der Waals surface area contributed by atoms with Gasteiger partial charge in [-0.3, -0.25) is 4.79 Å². The number of hydrogen-bond donors (Lipinski definition) is 2. The van der Waals surface area contributed by atoms with Gasteiger partial charge in [0.1, 0.15) is 6.04 Å². The van der Waals surface area contributed by atoms with Crippen molar-refractivity contribution in [1.29, 1.82) is 0 Å². The van der Waals surface area contributed by atoms with Gasteiger partial charge < -0.3 is 10.4 Å². The van der Waals surface area contributed by atoms with E-state index in [0.29, 0.717) is 22.7 Å². The van der Waals surface area contributed by atoms with Crippen molar-refractivity contribution in [2.24, 2.45) is 0 Å². The predicted octanol–water partition coefficient (Wildman–Crippen LogP) is 2.43. The molecule has 0 aliphatic carbocycles. The van der Waals surface area contributed by atoms with E-state index in [-0.39, 0.29) is 0 Å². The average molecular weight is 322 g/mol. The second-order valence-electron chi connectivity index (χ2n) is 4.81. The van der Waals surface area contributed by atoms with Gasteiger partial charge in [0.2, 0.25) is 0 Å². The number of carbonyl (C=O) groups is 2. The summed E-state index contributed by atoms with van der Waals surface area (Å²) in [7, 11) is 0. The minimum Gasteiger partial charge on any atom is -0.480 e. The maximum absolute atomic E-state index is 12.2. The number of nitrogens with zero attached hydrogens (tertiary/aromatic N) is 2. The van der Waals surface area contributed by atoms with Gasteiger partial charge in [0.05, 0.1) is 23.1 Å². The maximum atomic E-state index is 12.2. The van der Waals surface area contributed by atoms with Crippen molar-refractivity contribution in [3.8, 4) is 5.69 Å². The Balaban J connectivity index is 2.27. The number of aromatic nitrogens is 2. The third-order valence-corrected chi connectivity index (χ3v) is 3.55. The Labute approximate surface area is 132 Å². The summed E-state index contributed by atoms with van der Waals surface area (Å²) in [5.41, 5.74) is 1.68. The Bertz CT molecular complexity index is 712. The third-order valence-electron chi connectivity index (χ3n) is 3.32. The molecule has 0 saturated carbocycles. The van der Waals surface area contributed by atoms with Crippen LogP contribution in [0, 0.1) is 6.92 Å². The molecule has 7 heteroatoms. The summed E-state index contributed by atoms with van der Waals surface area (Å²) in [4.78, 5) is 23.2. The van der Waals surface area contributed by atoms with E-state index in [0.717, 1.165) is 5.69 Å². The molecule has 6 nitrogen and oxygen atoms in total. The molecule has 1 atom stereocenters. The number of carboxylic acids is 1. The molecule has 1 aromatic heterocycles. The zero-order chi connectivity index (χ0) is 16.3. The summed E-state index contributed by atoms with van der Waals surface area (Å²) in [5, 5.41) is 16.2. The Morgan fingerprint density at radius 3 is 2.77 bits per heavy atom. The molecule has 2 N–H and O–H groups in total. The van der Waals surface area contributed by atoms with Gasteiger partial charge in [-0.05, 0) is 31.5 Å². The quantitative estimate of drug-likeness (QED) is 0.885. The first-order valence-electron chi connectivity index (χ1n) is 6.78. The number of carbonyl (C=O) groups excluding carboxylic acids is 1. The number of amides is 1. The number of rotatable bonds is 5. The van der Waals surface area contributed by atoms with E-state index < -0.39 is 17.9 Å². The molecule has 0 aliphatic rings. The lowest BCUT2D eigenvalue weighted by molar-refractivity contribution is -0.139. The van der Waals surface area contributed by atoms with E-state index in [4.69, 9.17) is 16.7 Å². The molecule has 0 fully saturated rings. The van der Waals surface area contributed by atoms with E-state index in [2.05, 4.69) is 10.4 Å². The fourth-order valence-corrected chi connectivity index (χ4v) is 2.26. The monoisotopic (exact) mass is 321 g/mol. The van der Waals surface area contributed by atoms with E-state index in [9.17, 15) is 9.59 Å². The highest BCUT2D eigenvalue weighted by Gasteiger charge is 2.21. The van der Waals surface area contributed by atoms with Gasteiger partial charge in [-0.25, -0.2) is 9.48 Å². The van der Waals surface area contributed by atoms with Crippen molar-refractivity contribution < 1.29 is 14.7 Å². The molecular formula is C15H16ClN3O3. The minimum absolute atomic E-state index is 0.308. The summed E-state index contributed by atoms with van der Waals surface area (Å²) in [6, 6.07) is 6.17. The standard InChI is InChI=1S/C15H16ClN3O3/c1-3-13(15(21)22)18-14(20)12-8-17-19(9(12)2)11-6-4-5-10(16)7-11/h4-8,13H,3H2,1-2H3,(H,18,20)(H,21,22). The van der Waals surface area contributed by atoms with Crippen LogP contribution in [0.3, 0.4) is 0 Å². The number of carboxylic acid groups (broad SMARTS) is 1. The molecule has 1 heterocycles. The molecule has 2 aromatic rings. The molecule has 2 rings (SSSR count). The molecule has 0 saturated heterocycles. The first-order valence-corrected chi connectivity index (χ1v) is 7.16. The summed E-state index contributed by atoms with van der Waals surface area (Å²) < 4.78 is 1.59. The highest BCUT2D eigenvalue weighted by Crippen LogP contribution is 2.18. The van der Waals surface area contributed by atoms with Crippen molar-refractivity contribution in [3.63, 3.8) is 0 Å². The topological polar surface area (TPSA) is 84.2 Å². The minimum atomic E-state index is -1.06. The van der Waals surface area contributed by atoms with Crippen LogP contribution >= 0.6 is 11.6 Å². The number of aliphatic carboxylic acids is 1. The Morgan fingerprint density at radius 1 is 1.45 bits per heavy atom. The van der Waals surface area contributed by atoms with Crippen LogP contribution in [0.25, 0.3) is 5.69 Å². The Kier molecular flexibility index (Phi) is 4.82. The van der Waals surface area contributed by atoms with Gasteiger partial charge in [-0.1, -0.05) is 24.6 Å². The second kappa shape index (κ2) is 6.62. The lowest BCUT2D eigenvalue weighted by atomic mass is 10.2. The first kappa shape index (κ1) is 16.0. The lowest BCUT2D eigenvalue weighted by Crippen LogP contribution is -2.40. The lowest BCUT2D eigenvalue weighted by Gasteiger charge is -2.12. The molecular weight excluding hydrogens is 306 g/mol. The van der Waals surface area contributed by atoms with Crippen LogP contribution < -0.4 is 5.32 Å². The van der Waals surface area contributed by atoms with E-state index >= 15 is 0 Å². The zero-order valence-electron chi connectivity index (χ0n) is 12.2. The van der Waals surface area contributed by atoms with Crippen LogP contribution in [0.2, 0.25) is 5.02 Å². The molecule has 22 heavy (non-hydrogen) atoms. The SMILES string of the molecule is CCC(NC(=O)c1cnn(-c2cccc(Cl)c2)c1C)C(=O)O. The van der Waals surface area contributed by atoms with Crippen LogP contribution in [0.4, 0.5) is 0 Å². The first-order chi connectivity index (χ1) is 10.4. The summed E-state index contributed by atoms with van der Waals surface area (Å²) in [6.45, 7) is 3.44. The van der Waals surface area contributed by atoms with Crippen molar-refractivity contribution in [2.75, 3.05) is 0 Å². The van der Waals surface area contributed by atoms with E-state index in [1.165, 1.54) is 6.20 Å². The van der Waals surface area contributed by atoms with Crippen molar-refractivity contribution in [2.45, 2.75) is 26.3 Å². The van der Waals surface area contributed by atoms with Gasteiger partial charge >= 0.3 is 5.97 Å². The number of benzene rings is 1. The predicted molar refractivity (Wildman–Crippen MR) is 82.5 cm³/mol. The molecule has 1 amide bonds. The van der Waals surface area contributed by atoms with Gasteiger partial charge in [-0.15, -0.1) is 0 Å². The molecule has 1 unspecified atom stereocenters. The number of nitrogens with one attached hydrogen (secondary N) is 1. The van der Waals surface area contributed by atoms with Gasteiger partial charge in [0.15, 0.2) is 0 Å². The smallest absolute Gasteiger partial charge is 0.326 e. The Hall–Kier alpha value is -2.34. The molecule has 0 spiro atoms. The van der Waals surface area contributed by atoms with Gasteiger partial charge in [0.25, 0.3) is 5.91 Å². The van der Waals surface area contributed by atoms with Crippen LogP contribution in [0.1, 0.15) is 29.4 Å². The third kappa shape index (κ3) is 3.28. The normalized spacial score (nSPS) is 12.0. The second-order valence-corrected chi connectivity index (χ2v) is 5.24. The molecule has 0 bridgehead atoms. The number of hydrogen-bond acceptors (Lipinski definition) is 3. The van der Waals surface area contributed by atoms with Crippen LogP contribution in [0.15, 0.2) is 30.5 Å². The highest BCUT2D eigenvalue weighted by atomic mass is 35.5. The van der Waals surface area contributed by atoms with Gasteiger partial charge in [0, 0.05) is 5.02 Å². The summed E-state index contributed by atoms with van der Waals surface area (Å²) in [5.74, 6) is -1.52. The fraction of sp³-hybridized carbons (Fsp3) is 0.267. The number of halogens is 1. The van der Waals surface area contributed by atoms with E-state index in [1.54, 1.807) is 36.7 Å². The Morgan fingerprint density at radius 2 is 2.18 bits per heavy atom. The largest absolute Gasteiger partial charge is 0.480 e. The van der Waals surface area contributed by atoms with Crippen molar-refractivity contribution in [3.05, 3.63) is 46.7 Å². The van der Waals surface area contributed by atoms with Crippen LogP contribution in [-0.4, -0.2) is 32.8 Å². The average Bonchev–Trinajstić information content (AvgIpc) is 2.86. The fourth-order valence-electron chi connectivity index (χ4n) is 2.08. The summed E-state index contributed by atoms with van der Waals surface area (Å²) >= 11 is 5.95. The molecule has 116 valence electrons. The zero-order valence-corrected chi connectivity index (χ0v) is 13.0. The summed E-state index contributed by atoms with van der Waals surface area (Å²) in [6.07, 6.45) is 1.72. The van der Waals surface area contributed by atoms with Crippen molar-refractivity contribution >= 4 is 23.5 Å². The molecule has 0 aliphatic heterocycles. The van der Waals surface area contributed by atoms with Crippen molar-refractivity contribution in [1.82, 2.24) is 15.1 Å². The van der Waals surface area contributed by atoms with E-state index in [1.807, 2.05) is 6.07 Å². The van der Waals surface area contributed by atoms with Crippen LogP contribution in [0.5, 0.6) is 0 Å². The van der Waals surface area contributed by atoms with Crippen LogP contribution in [-0.2, 0) is 4.79 Å². The molecule has 0 radical (unpaired) electrons. The van der Waals surface area contributed by atoms with Gasteiger partial charge in [-0.2, -0.15) is 5.10 Å². The molecule has 1 aromatic carbocycles. The highest BCUT2D eigenvalue weighted by molar-refractivity contribution is 6.30.